The second-order valence-electron chi connectivity index (χ2n) is 5.42. The number of nitrogens with zero attached hydrogens (tertiary/aromatic N) is 1. The second kappa shape index (κ2) is 7.81. The highest BCUT2D eigenvalue weighted by atomic mass is 35.5. The average molecular weight is 315 g/mol. The molecule has 1 N–H and O–H groups in total. The summed E-state index contributed by atoms with van der Waals surface area (Å²) in [6, 6.07) is 7.54. The Labute approximate surface area is 138 Å². The molecule has 1 rings (SSSR count). The molecule has 0 atom stereocenters. The van der Waals surface area contributed by atoms with Crippen molar-refractivity contribution in [1.29, 1.82) is 0 Å². The molecule has 0 radical (unpaired) electrons. The van der Waals surface area contributed by atoms with E-state index in [1.165, 1.54) is 5.57 Å². The summed E-state index contributed by atoms with van der Waals surface area (Å²) in [6.45, 7) is 19.9. The largest absolute Gasteiger partial charge is 0.345 e. The van der Waals surface area contributed by atoms with Gasteiger partial charge >= 0.3 is 0 Å². The lowest BCUT2D eigenvalue weighted by Gasteiger charge is -2.14. The minimum atomic E-state index is 0.528. The molecule has 1 aromatic carbocycles. The van der Waals surface area contributed by atoms with Gasteiger partial charge in [0.15, 0.2) is 0 Å². The van der Waals surface area contributed by atoms with E-state index >= 15 is 0 Å². The molecule has 0 aliphatic heterocycles. The summed E-state index contributed by atoms with van der Waals surface area (Å²) in [7, 11) is 0. The van der Waals surface area contributed by atoms with Crippen molar-refractivity contribution in [2.24, 2.45) is 4.99 Å². The fourth-order valence-corrected chi connectivity index (χ4v) is 1.93. The van der Waals surface area contributed by atoms with Gasteiger partial charge in [-0.15, -0.1) is 0 Å². The molecular weight excluding hydrogens is 292 g/mol. The third-order valence-corrected chi connectivity index (χ3v) is 3.46. The van der Waals surface area contributed by atoms with Gasteiger partial charge < -0.3 is 5.32 Å². The molecule has 0 aliphatic carbocycles. The highest BCUT2D eigenvalue weighted by Gasteiger charge is 2.11. The molecule has 22 heavy (non-hydrogen) atoms. The number of benzene rings is 1. The minimum absolute atomic E-state index is 0.528. The van der Waals surface area contributed by atoms with Crippen LogP contribution in [0.4, 0.5) is 0 Å². The Hall–Kier alpha value is -2.06. The van der Waals surface area contributed by atoms with Crippen LogP contribution < -0.4 is 5.32 Å². The van der Waals surface area contributed by atoms with E-state index < -0.39 is 0 Å². The fraction of sp³-hybridized carbons (Fsp3) is 0.211. The highest BCUT2D eigenvalue weighted by Crippen LogP contribution is 2.21. The smallest absolute Gasteiger partial charge is 0.123 e. The van der Waals surface area contributed by atoms with Crippen LogP contribution in [0, 0.1) is 0 Å². The average Bonchev–Trinajstić information content (AvgIpc) is 2.43. The molecule has 0 fully saturated rings. The third kappa shape index (κ3) is 5.05. The SMILES string of the molecule is C=C(C)NC(=C)/N=C(\C(=C)C(C)=C(C)C)c1ccc(Cl)cc1. The standard InChI is InChI=1S/C19H23ClN2/c1-12(2)14(5)15(6)19(22-16(7)21-13(3)4)17-8-10-18(20)11-9-17/h8-11,21H,3,6-7H2,1-2,4-5H3/b22-19+. The molecule has 0 unspecified atom stereocenters. The zero-order valence-corrected chi connectivity index (χ0v) is 14.5. The lowest BCUT2D eigenvalue weighted by Crippen LogP contribution is -2.12. The molecule has 0 heterocycles. The van der Waals surface area contributed by atoms with E-state index in [1.807, 2.05) is 38.1 Å². The Bertz CT molecular complexity index is 657. The summed E-state index contributed by atoms with van der Waals surface area (Å²) in [4.78, 5) is 4.59. The van der Waals surface area contributed by atoms with Gasteiger partial charge in [-0.05, 0) is 51.0 Å². The van der Waals surface area contributed by atoms with Gasteiger partial charge in [-0.25, -0.2) is 4.99 Å². The summed E-state index contributed by atoms with van der Waals surface area (Å²) in [5, 5.41) is 3.70. The number of nitrogens with one attached hydrogen (secondary N) is 1. The first-order valence-electron chi connectivity index (χ1n) is 7.02. The van der Waals surface area contributed by atoms with Crippen molar-refractivity contribution in [2.45, 2.75) is 27.7 Å². The fourth-order valence-electron chi connectivity index (χ4n) is 1.80. The number of hydrogen-bond acceptors (Lipinski definition) is 2. The van der Waals surface area contributed by atoms with Crippen LogP contribution >= 0.6 is 11.6 Å². The van der Waals surface area contributed by atoms with E-state index in [0.717, 1.165) is 28.1 Å². The van der Waals surface area contributed by atoms with Crippen LogP contribution in [0.15, 0.2) is 77.2 Å². The van der Waals surface area contributed by atoms with Crippen molar-refractivity contribution in [1.82, 2.24) is 5.32 Å². The lowest BCUT2D eigenvalue weighted by molar-refractivity contribution is 0.960. The van der Waals surface area contributed by atoms with Crippen molar-refractivity contribution >= 4 is 17.3 Å². The predicted octanol–water partition coefficient (Wildman–Crippen LogP) is 5.64. The van der Waals surface area contributed by atoms with E-state index in [2.05, 4.69) is 43.9 Å². The molecule has 2 nitrogen and oxygen atoms in total. The predicted molar refractivity (Wildman–Crippen MR) is 98.3 cm³/mol. The van der Waals surface area contributed by atoms with Crippen molar-refractivity contribution in [3.05, 3.63) is 82.8 Å². The zero-order chi connectivity index (χ0) is 16.9. The number of allylic oxidation sites excluding steroid dienone is 4. The van der Waals surface area contributed by atoms with Gasteiger partial charge in [0.2, 0.25) is 0 Å². The first-order chi connectivity index (χ1) is 10.2. The Morgan fingerprint density at radius 2 is 1.55 bits per heavy atom. The van der Waals surface area contributed by atoms with Crippen LogP contribution in [0.1, 0.15) is 33.3 Å². The highest BCUT2D eigenvalue weighted by molar-refractivity contribution is 6.30. The van der Waals surface area contributed by atoms with Crippen LogP contribution in [0.5, 0.6) is 0 Å². The maximum atomic E-state index is 5.97. The zero-order valence-electron chi connectivity index (χ0n) is 13.8. The summed E-state index contributed by atoms with van der Waals surface area (Å²) in [5.41, 5.74) is 5.68. The molecular formula is C19H23ClN2. The van der Waals surface area contributed by atoms with Gasteiger partial charge in [-0.2, -0.15) is 0 Å². The van der Waals surface area contributed by atoms with E-state index in [1.54, 1.807) is 0 Å². The van der Waals surface area contributed by atoms with Crippen LogP contribution in [-0.4, -0.2) is 5.71 Å². The van der Waals surface area contributed by atoms with Gasteiger partial charge in [0.25, 0.3) is 0 Å². The number of aliphatic imine (C=N–C) groups is 1. The van der Waals surface area contributed by atoms with Crippen LogP contribution in [-0.2, 0) is 0 Å². The van der Waals surface area contributed by atoms with Crippen molar-refractivity contribution < 1.29 is 0 Å². The minimum Gasteiger partial charge on any atom is -0.345 e. The van der Waals surface area contributed by atoms with E-state index in [4.69, 9.17) is 11.6 Å². The quantitative estimate of drug-likeness (QED) is 0.533. The molecule has 3 heteroatoms. The Balaban J connectivity index is 3.33. The Morgan fingerprint density at radius 1 is 1.00 bits per heavy atom. The van der Waals surface area contributed by atoms with Gasteiger partial charge in [0.1, 0.15) is 5.82 Å². The Kier molecular flexibility index (Phi) is 6.39. The first kappa shape index (κ1) is 18.0. The summed E-state index contributed by atoms with van der Waals surface area (Å²) >= 11 is 5.97. The molecule has 1 aromatic rings. The first-order valence-corrected chi connectivity index (χ1v) is 7.40. The van der Waals surface area contributed by atoms with Crippen molar-refractivity contribution in [2.75, 3.05) is 0 Å². The Morgan fingerprint density at radius 3 is 2.00 bits per heavy atom. The summed E-state index contributed by atoms with van der Waals surface area (Å²) in [5.74, 6) is 0.528. The number of rotatable bonds is 6. The van der Waals surface area contributed by atoms with E-state index in [-0.39, 0.29) is 0 Å². The third-order valence-electron chi connectivity index (χ3n) is 3.21. The van der Waals surface area contributed by atoms with E-state index in [9.17, 15) is 0 Å². The maximum absolute atomic E-state index is 5.97. The summed E-state index contributed by atoms with van der Waals surface area (Å²) in [6.07, 6.45) is 0. The molecule has 0 saturated heterocycles. The molecule has 0 aromatic heterocycles. The topological polar surface area (TPSA) is 24.4 Å². The van der Waals surface area contributed by atoms with Crippen LogP contribution in [0.25, 0.3) is 0 Å². The monoisotopic (exact) mass is 314 g/mol. The number of halogens is 1. The van der Waals surface area contributed by atoms with E-state index in [0.29, 0.717) is 10.8 Å². The van der Waals surface area contributed by atoms with Crippen molar-refractivity contribution in [3.8, 4) is 0 Å². The molecule has 0 aliphatic rings. The molecule has 116 valence electrons. The normalized spacial score (nSPS) is 10.9. The van der Waals surface area contributed by atoms with Crippen LogP contribution in [0.2, 0.25) is 5.02 Å². The molecule has 0 saturated carbocycles. The van der Waals surface area contributed by atoms with Crippen molar-refractivity contribution in [3.63, 3.8) is 0 Å². The molecule has 0 bridgehead atoms. The summed E-state index contributed by atoms with van der Waals surface area (Å²) < 4.78 is 0. The van der Waals surface area contributed by atoms with Gasteiger partial charge in [-0.3, -0.25) is 0 Å². The number of hydrogen-bond donors (Lipinski definition) is 1. The maximum Gasteiger partial charge on any atom is 0.123 e. The van der Waals surface area contributed by atoms with Gasteiger partial charge in [0, 0.05) is 16.3 Å². The second-order valence-corrected chi connectivity index (χ2v) is 5.86. The molecule has 0 amide bonds. The van der Waals surface area contributed by atoms with Gasteiger partial charge in [0.05, 0.1) is 5.71 Å². The lowest BCUT2D eigenvalue weighted by atomic mass is 9.95. The van der Waals surface area contributed by atoms with Gasteiger partial charge in [-0.1, -0.05) is 49.0 Å². The molecule has 0 spiro atoms. The van der Waals surface area contributed by atoms with Crippen LogP contribution in [0.3, 0.4) is 0 Å².